The van der Waals surface area contributed by atoms with E-state index in [-0.39, 0.29) is 0 Å². The number of ether oxygens (including phenoxy) is 1. The van der Waals surface area contributed by atoms with Crippen LogP contribution in [0.15, 0.2) is 11.1 Å². The Morgan fingerprint density at radius 2 is 1.95 bits per heavy atom. The Hall–Kier alpha value is -1.20. The molecule has 1 aromatic rings. The summed E-state index contributed by atoms with van der Waals surface area (Å²) < 4.78 is 87.4. The first kappa shape index (κ1) is 16.9. The highest BCUT2D eigenvalue weighted by Gasteiger charge is 2.36. The monoisotopic (exact) mass is 340 g/mol. The minimum atomic E-state index is -5.27. The predicted octanol–water partition coefficient (Wildman–Crippen LogP) is 2.30. The lowest BCUT2D eigenvalue weighted by molar-refractivity contribution is -0.276. The third-order valence-electron chi connectivity index (χ3n) is 1.93. The smallest absolute Gasteiger partial charge is 0.402 e. The van der Waals surface area contributed by atoms with Crippen LogP contribution in [-0.2, 0) is 15.6 Å². The number of hydrogen-bond acceptors (Lipinski definition) is 5. The summed E-state index contributed by atoms with van der Waals surface area (Å²) in [5.41, 5.74) is 3.39. The second-order valence-electron chi connectivity index (χ2n) is 3.33. The number of nitrogens with two attached hydrogens (primary N) is 1. The molecule has 1 heterocycles. The van der Waals surface area contributed by atoms with Gasteiger partial charge in [0.15, 0.2) is 5.75 Å². The molecule has 12 heteroatoms. The van der Waals surface area contributed by atoms with Gasteiger partial charge in [-0.15, -0.1) is 13.2 Å². The normalized spacial score (nSPS) is 12.8. The molecule has 114 valence electrons. The van der Waals surface area contributed by atoms with Gasteiger partial charge in [0.1, 0.15) is 5.69 Å². The van der Waals surface area contributed by atoms with Crippen molar-refractivity contribution in [3.8, 4) is 5.75 Å². The van der Waals surface area contributed by atoms with Crippen LogP contribution >= 0.6 is 10.7 Å². The van der Waals surface area contributed by atoms with Gasteiger partial charge in [0.25, 0.3) is 15.5 Å². The highest BCUT2D eigenvalue weighted by atomic mass is 35.7. The quantitative estimate of drug-likeness (QED) is 0.672. The van der Waals surface area contributed by atoms with Crippen molar-refractivity contribution < 1.29 is 35.1 Å². The molecule has 0 amide bonds. The Morgan fingerprint density at radius 1 is 1.40 bits per heavy atom. The van der Waals surface area contributed by atoms with E-state index in [1.807, 2.05) is 0 Å². The molecule has 0 unspecified atom stereocenters. The van der Waals surface area contributed by atoms with E-state index in [9.17, 15) is 30.4 Å². The molecule has 0 aliphatic rings. The van der Waals surface area contributed by atoms with Crippen molar-refractivity contribution >= 4 is 19.7 Å². The van der Waals surface area contributed by atoms with E-state index < -0.39 is 50.4 Å². The molecule has 0 saturated heterocycles. The van der Waals surface area contributed by atoms with Crippen LogP contribution in [0, 0.1) is 0 Å². The van der Waals surface area contributed by atoms with Crippen molar-refractivity contribution in [2.24, 2.45) is 5.73 Å². The molecular weight excluding hydrogens is 335 g/mol. The van der Waals surface area contributed by atoms with Gasteiger partial charge in [-0.05, 0) is 6.07 Å². The first-order valence-corrected chi connectivity index (χ1v) is 6.99. The topological polar surface area (TPSA) is 82.3 Å². The molecular formula is C8H6ClF5N2O3S. The second kappa shape index (κ2) is 5.66. The van der Waals surface area contributed by atoms with Crippen LogP contribution < -0.4 is 10.5 Å². The fraction of sp³-hybridized carbons (Fsp3) is 0.375. The maximum Gasteiger partial charge on any atom is 0.573 e. The van der Waals surface area contributed by atoms with Gasteiger partial charge in [0, 0.05) is 22.8 Å². The van der Waals surface area contributed by atoms with E-state index >= 15 is 0 Å². The first-order valence-electron chi connectivity index (χ1n) is 4.68. The minimum Gasteiger partial charge on any atom is -0.402 e. The van der Waals surface area contributed by atoms with Gasteiger partial charge < -0.3 is 10.5 Å². The van der Waals surface area contributed by atoms with Gasteiger partial charge in [-0.2, -0.15) is 0 Å². The maximum atomic E-state index is 12.5. The standard InChI is InChI=1S/C8H6ClF5N2O3S/c9-20(17,18)7-5(19-8(12,13)14)3(2-15)1-4(16-7)6(10)11/h1,6H,2,15H2. The van der Waals surface area contributed by atoms with Crippen LogP contribution in [0.4, 0.5) is 22.0 Å². The molecule has 0 aliphatic heterocycles. The van der Waals surface area contributed by atoms with Crippen LogP contribution in [-0.4, -0.2) is 19.8 Å². The number of pyridine rings is 1. The Labute approximate surface area is 113 Å². The van der Waals surface area contributed by atoms with Gasteiger partial charge in [0.05, 0.1) is 0 Å². The van der Waals surface area contributed by atoms with Crippen LogP contribution in [0.3, 0.4) is 0 Å². The zero-order valence-electron chi connectivity index (χ0n) is 9.29. The SMILES string of the molecule is NCc1cc(C(F)F)nc(S(=O)(=O)Cl)c1OC(F)(F)F. The van der Waals surface area contributed by atoms with Gasteiger partial charge in [-0.1, -0.05) is 0 Å². The lowest BCUT2D eigenvalue weighted by Gasteiger charge is -2.15. The Bertz CT molecular complexity index is 605. The molecule has 0 saturated carbocycles. The van der Waals surface area contributed by atoms with Crippen molar-refractivity contribution in [2.75, 3.05) is 0 Å². The highest BCUT2D eigenvalue weighted by molar-refractivity contribution is 8.13. The molecule has 2 N–H and O–H groups in total. The summed E-state index contributed by atoms with van der Waals surface area (Å²) in [6, 6.07) is 0.511. The zero-order chi connectivity index (χ0) is 15.7. The van der Waals surface area contributed by atoms with Crippen LogP contribution in [0.2, 0.25) is 0 Å². The molecule has 0 spiro atoms. The van der Waals surface area contributed by atoms with E-state index in [4.69, 9.17) is 16.4 Å². The lowest BCUT2D eigenvalue weighted by Crippen LogP contribution is -2.21. The minimum absolute atomic E-state index is 0.511. The predicted molar refractivity (Wildman–Crippen MR) is 56.8 cm³/mol. The first-order chi connectivity index (χ1) is 8.95. The lowest BCUT2D eigenvalue weighted by atomic mass is 10.2. The van der Waals surface area contributed by atoms with Crippen molar-refractivity contribution in [3.63, 3.8) is 0 Å². The Morgan fingerprint density at radius 3 is 2.30 bits per heavy atom. The second-order valence-corrected chi connectivity index (χ2v) is 5.81. The Balaban J connectivity index is 3.61. The van der Waals surface area contributed by atoms with Gasteiger partial charge >= 0.3 is 6.36 Å². The molecule has 0 aliphatic carbocycles. The molecule has 0 fully saturated rings. The van der Waals surface area contributed by atoms with Crippen LogP contribution in [0.25, 0.3) is 0 Å². The molecule has 0 bridgehead atoms. The molecule has 5 nitrogen and oxygen atoms in total. The fourth-order valence-corrected chi connectivity index (χ4v) is 2.16. The third kappa shape index (κ3) is 4.15. The van der Waals surface area contributed by atoms with Crippen LogP contribution in [0.1, 0.15) is 17.7 Å². The fourth-order valence-electron chi connectivity index (χ4n) is 1.24. The van der Waals surface area contributed by atoms with Gasteiger partial charge in [-0.3, -0.25) is 0 Å². The number of rotatable bonds is 4. The van der Waals surface area contributed by atoms with Gasteiger partial charge in [0.2, 0.25) is 5.03 Å². The van der Waals surface area contributed by atoms with Crippen LogP contribution in [0.5, 0.6) is 5.75 Å². The molecule has 1 rings (SSSR count). The number of nitrogens with zero attached hydrogens (tertiary/aromatic N) is 1. The van der Waals surface area contributed by atoms with E-state index in [1.165, 1.54) is 0 Å². The Kier molecular flexibility index (Phi) is 4.77. The van der Waals surface area contributed by atoms with E-state index in [1.54, 1.807) is 0 Å². The third-order valence-corrected chi connectivity index (χ3v) is 3.11. The molecule has 0 aromatic carbocycles. The highest BCUT2D eigenvalue weighted by Crippen LogP contribution is 2.35. The average molecular weight is 341 g/mol. The summed E-state index contributed by atoms with van der Waals surface area (Å²) in [5.74, 6) is -1.32. The van der Waals surface area contributed by atoms with Crippen molar-refractivity contribution in [3.05, 3.63) is 17.3 Å². The van der Waals surface area contributed by atoms with E-state index in [0.29, 0.717) is 6.07 Å². The maximum absolute atomic E-state index is 12.5. The number of hydrogen-bond donors (Lipinski definition) is 1. The number of halogens is 6. The largest absolute Gasteiger partial charge is 0.573 e. The summed E-state index contributed by atoms with van der Waals surface area (Å²) in [7, 11) is 0.0276. The zero-order valence-corrected chi connectivity index (χ0v) is 10.9. The van der Waals surface area contributed by atoms with E-state index in [2.05, 4.69) is 9.72 Å². The van der Waals surface area contributed by atoms with Crippen molar-refractivity contribution in [1.29, 1.82) is 0 Å². The number of aromatic nitrogens is 1. The summed E-state index contributed by atoms with van der Waals surface area (Å²) in [6.45, 7) is -0.687. The summed E-state index contributed by atoms with van der Waals surface area (Å²) >= 11 is 0. The van der Waals surface area contributed by atoms with Gasteiger partial charge in [-0.25, -0.2) is 22.2 Å². The molecule has 20 heavy (non-hydrogen) atoms. The number of alkyl halides is 5. The summed E-state index contributed by atoms with van der Waals surface area (Å²) in [4.78, 5) is 2.89. The molecule has 0 atom stereocenters. The summed E-state index contributed by atoms with van der Waals surface area (Å²) in [6.07, 6.45) is -8.49. The average Bonchev–Trinajstić information content (AvgIpc) is 2.25. The molecule has 0 radical (unpaired) electrons. The summed E-state index contributed by atoms with van der Waals surface area (Å²) in [5, 5.41) is -1.46. The van der Waals surface area contributed by atoms with Crippen molar-refractivity contribution in [1.82, 2.24) is 4.98 Å². The van der Waals surface area contributed by atoms with E-state index in [0.717, 1.165) is 0 Å². The molecule has 1 aromatic heterocycles. The van der Waals surface area contributed by atoms with Crippen molar-refractivity contribution in [2.45, 2.75) is 24.4 Å².